The average molecular weight is 329 g/mol. The molecule has 6 heteroatoms. The Labute approximate surface area is 116 Å². The summed E-state index contributed by atoms with van der Waals surface area (Å²) in [5, 5.41) is 9.38. The minimum atomic E-state index is -1.11. The van der Waals surface area contributed by atoms with E-state index in [1.54, 1.807) is 18.2 Å². The van der Waals surface area contributed by atoms with Crippen molar-refractivity contribution in [3.8, 4) is 11.5 Å². The predicted molar refractivity (Wildman–Crippen MR) is 70.4 cm³/mol. The topological polar surface area (TPSA) is 59.4 Å². The molecule has 0 aliphatic rings. The molecule has 92 valence electrons. The first kappa shape index (κ1) is 12.9. The van der Waals surface area contributed by atoms with Gasteiger partial charge in [-0.05, 0) is 18.2 Å². The Morgan fingerprint density at radius 2 is 2.11 bits per heavy atom. The van der Waals surface area contributed by atoms with Gasteiger partial charge in [0.2, 0.25) is 0 Å². The molecule has 0 aliphatic carbocycles. The van der Waals surface area contributed by atoms with Gasteiger partial charge in [-0.1, -0.05) is 27.5 Å². The van der Waals surface area contributed by atoms with Crippen molar-refractivity contribution >= 4 is 33.5 Å². The van der Waals surface area contributed by atoms with Crippen molar-refractivity contribution in [2.75, 3.05) is 0 Å². The minimum Gasteiger partial charge on any atom is -0.477 e. The summed E-state index contributed by atoms with van der Waals surface area (Å²) in [6.45, 7) is 0. The number of nitrogens with zero attached hydrogens (tertiary/aromatic N) is 1. The fourth-order valence-corrected chi connectivity index (χ4v) is 2.02. The lowest BCUT2D eigenvalue weighted by Gasteiger charge is -2.09. The molecule has 2 rings (SSSR count). The first-order valence-electron chi connectivity index (χ1n) is 4.88. The smallest absolute Gasteiger partial charge is 0.341 e. The maximum Gasteiger partial charge on any atom is 0.341 e. The molecule has 0 unspecified atom stereocenters. The molecule has 0 bridgehead atoms. The van der Waals surface area contributed by atoms with Crippen LogP contribution >= 0.6 is 27.5 Å². The molecule has 0 saturated heterocycles. The van der Waals surface area contributed by atoms with E-state index < -0.39 is 5.97 Å². The first-order valence-corrected chi connectivity index (χ1v) is 6.05. The van der Waals surface area contributed by atoms with Gasteiger partial charge in [0.25, 0.3) is 0 Å². The normalized spacial score (nSPS) is 10.1. The van der Waals surface area contributed by atoms with E-state index in [0.717, 1.165) is 4.47 Å². The molecule has 0 aliphatic heterocycles. The molecule has 1 aromatic carbocycles. The number of rotatable bonds is 3. The van der Waals surface area contributed by atoms with E-state index in [1.165, 1.54) is 18.5 Å². The van der Waals surface area contributed by atoms with Crippen LogP contribution in [0.2, 0.25) is 5.02 Å². The van der Waals surface area contributed by atoms with Crippen LogP contribution in [-0.2, 0) is 0 Å². The zero-order valence-electron chi connectivity index (χ0n) is 8.93. The summed E-state index contributed by atoms with van der Waals surface area (Å²) in [5.41, 5.74) is -0.0171. The molecule has 0 radical (unpaired) electrons. The van der Waals surface area contributed by atoms with E-state index in [4.69, 9.17) is 21.4 Å². The van der Waals surface area contributed by atoms with Crippen LogP contribution in [0.25, 0.3) is 0 Å². The number of hydrogen-bond donors (Lipinski definition) is 1. The number of benzene rings is 1. The van der Waals surface area contributed by atoms with Crippen molar-refractivity contribution in [3.63, 3.8) is 0 Å². The zero-order chi connectivity index (χ0) is 13.1. The summed E-state index contributed by atoms with van der Waals surface area (Å²) in [6, 6.07) is 6.54. The van der Waals surface area contributed by atoms with Gasteiger partial charge in [-0.25, -0.2) is 4.79 Å². The fraction of sp³-hybridized carbons (Fsp3) is 0. The number of carboxylic acids is 1. The van der Waals surface area contributed by atoms with Crippen LogP contribution in [0.15, 0.2) is 41.1 Å². The molecule has 1 N–H and O–H groups in total. The molecule has 0 atom stereocenters. The number of pyridine rings is 1. The van der Waals surface area contributed by atoms with Crippen LogP contribution in [0.4, 0.5) is 0 Å². The molecule has 0 spiro atoms. The van der Waals surface area contributed by atoms with Gasteiger partial charge in [0.1, 0.15) is 17.1 Å². The van der Waals surface area contributed by atoms with Gasteiger partial charge in [0.15, 0.2) is 0 Å². The van der Waals surface area contributed by atoms with Crippen LogP contribution < -0.4 is 4.74 Å². The van der Waals surface area contributed by atoms with Crippen LogP contribution in [-0.4, -0.2) is 16.1 Å². The Morgan fingerprint density at radius 1 is 1.33 bits per heavy atom. The third-order valence-electron chi connectivity index (χ3n) is 2.13. The number of halogens is 2. The summed E-state index contributed by atoms with van der Waals surface area (Å²) in [6.07, 6.45) is 2.68. The number of ether oxygens (including phenoxy) is 1. The molecule has 4 nitrogen and oxygen atoms in total. The highest BCUT2D eigenvalue weighted by Gasteiger charge is 2.13. The average Bonchev–Trinajstić information content (AvgIpc) is 2.33. The van der Waals surface area contributed by atoms with E-state index in [0.29, 0.717) is 10.8 Å². The maximum atomic E-state index is 11.0. The van der Waals surface area contributed by atoms with Crippen molar-refractivity contribution in [2.24, 2.45) is 0 Å². The molecule has 2 aromatic rings. The maximum absolute atomic E-state index is 11.0. The van der Waals surface area contributed by atoms with Crippen LogP contribution in [0.1, 0.15) is 10.4 Å². The molecule has 1 aromatic heterocycles. The van der Waals surface area contributed by atoms with Crippen molar-refractivity contribution < 1.29 is 14.6 Å². The molecular weight excluding hydrogens is 321 g/mol. The van der Waals surface area contributed by atoms with E-state index >= 15 is 0 Å². The first-order chi connectivity index (χ1) is 8.58. The number of aromatic nitrogens is 1. The van der Waals surface area contributed by atoms with Crippen molar-refractivity contribution in [1.29, 1.82) is 0 Å². The second-order valence-electron chi connectivity index (χ2n) is 3.35. The molecule has 0 amide bonds. The van der Waals surface area contributed by atoms with Gasteiger partial charge in [-0.15, -0.1) is 0 Å². The Hall–Kier alpha value is -1.59. The van der Waals surface area contributed by atoms with Gasteiger partial charge in [-0.2, -0.15) is 0 Å². The van der Waals surface area contributed by atoms with Gasteiger partial charge < -0.3 is 9.84 Å². The quantitative estimate of drug-likeness (QED) is 0.925. The van der Waals surface area contributed by atoms with E-state index in [1.807, 2.05) is 0 Å². The largest absolute Gasteiger partial charge is 0.477 e. The highest BCUT2D eigenvalue weighted by Crippen LogP contribution is 2.32. The third-order valence-corrected chi connectivity index (χ3v) is 2.91. The summed E-state index contributed by atoms with van der Waals surface area (Å²) in [5.74, 6) is -0.526. The van der Waals surface area contributed by atoms with Crippen LogP contribution in [0, 0.1) is 0 Å². The van der Waals surface area contributed by atoms with Crippen LogP contribution in [0.5, 0.6) is 11.5 Å². The van der Waals surface area contributed by atoms with Crippen molar-refractivity contribution in [2.45, 2.75) is 0 Å². The highest BCUT2D eigenvalue weighted by atomic mass is 79.9. The van der Waals surface area contributed by atoms with Gasteiger partial charge in [-0.3, -0.25) is 4.98 Å². The molecule has 18 heavy (non-hydrogen) atoms. The van der Waals surface area contributed by atoms with Crippen molar-refractivity contribution in [1.82, 2.24) is 4.98 Å². The third kappa shape index (κ3) is 2.80. The van der Waals surface area contributed by atoms with E-state index in [-0.39, 0.29) is 11.3 Å². The summed E-state index contributed by atoms with van der Waals surface area (Å²) < 4.78 is 6.30. The Kier molecular flexibility index (Phi) is 3.84. The predicted octanol–water partition coefficient (Wildman–Crippen LogP) is 3.99. The Bertz CT molecular complexity index is 604. The Morgan fingerprint density at radius 3 is 2.78 bits per heavy atom. The van der Waals surface area contributed by atoms with Gasteiger partial charge in [0, 0.05) is 22.9 Å². The van der Waals surface area contributed by atoms with Gasteiger partial charge >= 0.3 is 5.97 Å². The second kappa shape index (κ2) is 5.37. The SMILES string of the molecule is O=C(O)c1cnccc1Oc1ccc(Br)cc1Cl. The minimum absolute atomic E-state index is 0.0171. The highest BCUT2D eigenvalue weighted by molar-refractivity contribution is 9.10. The van der Waals surface area contributed by atoms with E-state index in [9.17, 15) is 4.79 Å². The summed E-state index contributed by atoms with van der Waals surface area (Å²) >= 11 is 9.27. The summed E-state index contributed by atoms with van der Waals surface area (Å²) in [4.78, 5) is 14.7. The lowest BCUT2D eigenvalue weighted by molar-refractivity contribution is 0.0693. The zero-order valence-corrected chi connectivity index (χ0v) is 11.3. The fourth-order valence-electron chi connectivity index (χ4n) is 1.31. The molecule has 1 heterocycles. The number of hydrogen-bond acceptors (Lipinski definition) is 3. The van der Waals surface area contributed by atoms with E-state index in [2.05, 4.69) is 20.9 Å². The number of carboxylic acid groups (broad SMARTS) is 1. The Balaban J connectivity index is 2.37. The summed E-state index contributed by atoms with van der Waals surface area (Å²) in [7, 11) is 0. The number of aromatic carboxylic acids is 1. The molecule has 0 saturated carbocycles. The second-order valence-corrected chi connectivity index (χ2v) is 4.68. The molecular formula is C12H7BrClNO3. The lowest BCUT2D eigenvalue weighted by Crippen LogP contribution is -2.00. The lowest BCUT2D eigenvalue weighted by atomic mass is 10.2. The monoisotopic (exact) mass is 327 g/mol. The molecule has 0 fully saturated rings. The standard InChI is InChI=1S/C12H7BrClNO3/c13-7-1-2-11(9(14)5-7)18-10-3-4-15-6-8(10)12(16)17/h1-6H,(H,16,17). The van der Waals surface area contributed by atoms with Crippen molar-refractivity contribution in [3.05, 3.63) is 51.7 Å². The number of carbonyl (C=O) groups is 1. The van der Waals surface area contributed by atoms with Crippen LogP contribution in [0.3, 0.4) is 0 Å². The van der Waals surface area contributed by atoms with Gasteiger partial charge in [0.05, 0.1) is 5.02 Å².